The third-order valence-corrected chi connectivity index (χ3v) is 5.93. The van der Waals surface area contributed by atoms with Gasteiger partial charge in [0, 0.05) is 31.9 Å². The van der Waals surface area contributed by atoms with Crippen molar-refractivity contribution >= 4 is 22.4 Å². The van der Waals surface area contributed by atoms with Crippen molar-refractivity contribution in [2.75, 3.05) is 42.6 Å². The van der Waals surface area contributed by atoms with Crippen LogP contribution in [0.25, 0.3) is 10.9 Å². The first-order valence-corrected chi connectivity index (χ1v) is 10.2. The van der Waals surface area contributed by atoms with Crippen LogP contribution in [0.5, 0.6) is 0 Å². The van der Waals surface area contributed by atoms with Gasteiger partial charge in [-0.25, -0.2) is 4.98 Å². The molecule has 1 N–H and O–H groups in total. The molecule has 3 aromatic rings. The average Bonchev–Trinajstić information content (AvgIpc) is 3.24. The third kappa shape index (κ3) is 3.33. The van der Waals surface area contributed by atoms with E-state index in [0.717, 1.165) is 56.2 Å². The summed E-state index contributed by atoms with van der Waals surface area (Å²) >= 11 is 0. The van der Waals surface area contributed by atoms with Crippen LogP contribution in [-0.4, -0.2) is 57.6 Å². The van der Waals surface area contributed by atoms with Crippen molar-refractivity contribution in [2.24, 2.45) is 0 Å². The Balaban J connectivity index is 1.32. The number of hydrogen-bond acceptors (Lipinski definition) is 7. The molecule has 0 unspecified atom stereocenters. The highest BCUT2D eigenvalue weighted by Gasteiger charge is 2.21. The van der Waals surface area contributed by atoms with Crippen molar-refractivity contribution in [1.29, 1.82) is 0 Å². The van der Waals surface area contributed by atoms with Gasteiger partial charge in [-0.05, 0) is 49.1 Å². The molecule has 5 rings (SSSR count). The number of fused-ring (bicyclic) bond motifs is 2. The second kappa shape index (κ2) is 7.44. The minimum Gasteiger partial charge on any atom is -0.395 e. The van der Waals surface area contributed by atoms with Crippen LogP contribution in [-0.2, 0) is 19.4 Å². The largest absolute Gasteiger partial charge is 0.395 e. The van der Waals surface area contributed by atoms with E-state index in [9.17, 15) is 4.79 Å². The van der Waals surface area contributed by atoms with Crippen molar-refractivity contribution in [2.45, 2.75) is 25.8 Å². The van der Waals surface area contributed by atoms with Crippen LogP contribution in [0.1, 0.15) is 17.7 Å². The number of aliphatic hydroxyl groups excluding tert-OH is 1. The Hall–Kier alpha value is -3.00. The molecule has 0 atom stereocenters. The molecule has 1 aliphatic heterocycles. The topological polar surface area (TPSA) is 87.4 Å². The number of aliphatic hydroxyl groups is 1. The van der Waals surface area contributed by atoms with Gasteiger partial charge >= 0.3 is 0 Å². The summed E-state index contributed by atoms with van der Waals surface area (Å²) in [4.78, 5) is 21.5. The maximum absolute atomic E-state index is 12.5. The molecule has 1 aromatic carbocycles. The molecule has 8 nitrogen and oxygen atoms in total. The van der Waals surface area contributed by atoms with Gasteiger partial charge in [0.1, 0.15) is 0 Å². The van der Waals surface area contributed by atoms with E-state index < -0.39 is 0 Å². The van der Waals surface area contributed by atoms with Gasteiger partial charge in [-0.15, -0.1) is 5.10 Å². The lowest BCUT2D eigenvalue weighted by Gasteiger charge is -2.36. The molecule has 1 aliphatic carbocycles. The SMILES string of the molecule is O=c1c2ccc(N3CCN(c4cc5c(nn4)CCC5)CC3)cc2ncn1CCO. The second-order valence-corrected chi connectivity index (χ2v) is 7.67. The van der Waals surface area contributed by atoms with Gasteiger partial charge in [0.2, 0.25) is 0 Å². The maximum atomic E-state index is 12.5. The second-order valence-electron chi connectivity index (χ2n) is 7.67. The number of aromatic nitrogens is 4. The molecule has 150 valence electrons. The molecular formula is C21H24N6O2. The normalized spacial score (nSPS) is 16.4. The van der Waals surface area contributed by atoms with Crippen LogP contribution in [0.4, 0.5) is 11.5 Å². The zero-order chi connectivity index (χ0) is 19.8. The van der Waals surface area contributed by atoms with Crippen LogP contribution in [0.3, 0.4) is 0 Å². The van der Waals surface area contributed by atoms with Gasteiger partial charge < -0.3 is 14.9 Å². The summed E-state index contributed by atoms with van der Waals surface area (Å²) in [5.74, 6) is 0.981. The minimum atomic E-state index is -0.115. The monoisotopic (exact) mass is 392 g/mol. The quantitative estimate of drug-likeness (QED) is 0.709. The highest BCUT2D eigenvalue weighted by molar-refractivity contribution is 5.81. The van der Waals surface area contributed by atoms with E-state index in [0.29, 0.717) is 10.9 Å². The average molecular weight is 392 g/mol. The molecule has 0 spiro atoms. The predicted molar refractivity (Wildman–Crippen MR) is 112 cm³/mol. The van der Waals surface area contributed by atoms with Crippen LogP contribution in [0.2, 0.25) is 0 Å². The number of hydrogen-bond donors (Lipinski definition) is 1. The fourth-order valence-corrected chi connectivity index (χ4v) is 4.28. The number of aryl methyl sites for hydroxylation is 2. The summed E-state index contributed by atoms with van der Waals surface area (Å²) in [5.41, 5.74) is 4.16. The van der Waals surface area contributed by atoms with Crippen molar-refractivity contribution in [1.82, 2.24) is 19.7 Å². The lowest BCUT2D eigenvalue weighted by Crippen LogP contribution is -2.47. The highest BCUT2D eigenvalue weighted by Crippen LogP contribution is 2.25. The Bertz CT molecular complexity index is 1100. The zero-order valence-electron chi connectivity index (χ0n) is 16.3. The van der Waals surface area contributed by atoms with E-state index in [1.54, 1.807) is 0 Å². The molecule has 3 heterocycles. The van der Waals surface area contributed by atoms with Crippen molar-refractivity contribution in [3.63, 3.8) is 0 Å². The summed E-state index contributed by atoms with van der Waals surface area (Å²) in [7, 11) is 0. The minimum absolute atomic E-state index is 0.0793. The Kier molecular flexibility index (Phi) is 4.63. The fraction of sp³-hybridized carbons (Fsp3) is 0.429. The molecule has 0 bridgehead atoms. The lowest BCUT2D eigenvalue weighted by molar-refractivity contribution is 0.274. The number of rotatable bonds is 4. The fourth-order valence-electron chi connectivity index (χ4n) is 4.28. The molecule has 8 heteroatoms. The summed E-state index contributed by atoms with van der Waals surface area (Å²) in [5, 5.41) is 18.5. The van der Waals surface area contributed by atoms with E-state index in [1.807, 2.05) is 18.2 Å². The van der Waals surface area contributed by atoms with Gasteiger partial charge in [0.15, 0.2) is 5.82 Å². The molecule has 2 aromatic heterocycles. The Morgan fingerprint density at radius 3 is 2.66 bits per heavy atom. The van der Waals surface area contributed by atoms with Crippen molar-refractivity contribution in [3.05, 3.63) is 52.2 Å². The van der Waals surface area contributed by atoms with Crippen molar-refractivity contribution in [3.8, 4) is 0 Å². The first-order valence-electron chi connectivity index (χ1n) is 10.2. The maximum Gasteiger partial charge on any atom is 0.261 e. The van der Waals surface area contributed by atoms with E-state index in [2.05, 4.69) is 31.0 Å². The lowest BCUT2D eigenvalue weighted by atomic mass is 10.2. The molecule has 2 aliphatic rings. The van der Waals surface area contributed by atoms with Gasteiger partial charge in [0.25, 0.3) is 5.56 Å². The number of piperazine rings is 1. The molecule has 0 radical (unpaired) electrons. The third-order valence-electron chi connectivity index (χ3n) is 5.93. The van der Waals surface area contributed by atoms with Gasteiger partial charge in [-0.3, -0.25) is 9.36 Å². The molecule has 29 heavy (non-hydrogen) atoms. The van der Waals surface area contributed by atoms with Crippen LogP contribution >= 0.6 is 0 Å². The standard InChI is InChI=1S/C21H24N6O2/c28-11-10-27-14-22-19-13-16(4-5-17(19)21(27)29)25-6-8-26(9-7-25)20-12-15-2-1-3-18(15)23-24-20/h4-5,12-14,28H,1-3,6-11H2. The number of nitrogens with zero attached hydrogens (tertiary/aromatic N) is 6. The van der Waals surface area contributed by atoms with E-state index in [-0.39, 0.29) is 18.7 Å². The first kappa shape index (κ1) is 18.1. The van der Waals surface area contributed by atoms with E-state index >= 15 is 0 Å². The summed E-state index contributed by atoms with van der Waals surface area (Å²) in [6, 6.07) is 8.01. The van der Waals surface area contributed by atoms with Crippen LogP contribution < -0.4 is 15.4 Å². The van der Waals surface area contributed by atoms with Gasteiger partial charge in [-0.2, -0.15) is 5.10 Å². The smallest absolute Gasteiger partial charge is 0.261 e. The van der Waals surface area contributed by atoms with Crippen LogP contribution in [0, 0.1) is 0 Å². The Morgan fingerprint density at radius 1 is 1.00 bits per heavy atom. The Morgan fingerprint density at radius 2 is 1.83 bits per heavy atom. The molecule has 1 fully saturated rings. The van der Waals surface area contributed by atoms with E-state index in [4.69, 9.17) is 5.11 Å². The summed E-state index contributed by atoms with van der Waals surface area (Å²) < 4.78 is 1.44. The number of anilines is 2. The van der Waals surface area contributed by atoms with Gasteiger partial charge in [-0.1, -0.05) is 0 Å². The number of benzene rings is 1. The highest BCUT2D eigenvalue weighted by atomic mass is 16.3. The molecule has 0 amide bonds. The molecule has 1 saturated heterocycles. The summed E-state index contributed by atoms with van der Waals surface area (Å²) in [6.07, 6.45) is 4.86. The Labute approximate surface area is 168 Å². The van der Waals surface area contributed by atoms with E-state index in [1.165, 1.54) is 22.9 Å². The molecule has 0 saturated carbocycles. The van der Waals surface area contributed by atoms with Crippen LogP contribution in [0.15, 0.2) is 35.4 Å². The summed E-state index contributed by atoms with van der Waals surface area (Å²) in [6.45, 7) is 3.72. The zero-order valence-corrected chi connectivity index (χ0v) is 16.3. The van der Waals surface area contributed by atoms with Gasteiger partial charge in [0.05, 0.1) is 36.1 Å². The molecular weight excluding hydrogens is 368 g/mol. The predicted octanol–water partition coefficient (Wildman–Crippen LogP) is 0.994. The van der Waals surface area contributed by atoms with Crippen molar-refractivity contribution < 1.29 is 5.11 Å². The first-order chi connectivity index (χ1) is 14.2.